The fraction of sp³-hybridized carbons (Fsp3) is 0.541. The molecule has 0 bridgehead atoms. The third-order valence-corrected chi connectivity index (χ3v) is 13.4. The summed E-state index contributed by atoms with van der Waals surface area (Å²) in [7, 11) is 0. The lowest BCUT2D eigenvalue weighted by molar-refractivity contribution is 0.294. The monoisotopic (exact) mass is 847 g/mol. The maximum absolute atomic E-state index is 5.77. The number of ether oxygens (including phenoxy) is 2. The maximum atomic E-state index is 5.77. The Morgan fingerprint density at radius 2 is 0.683 bits per heavy atom. The lowest BCUT2D eigenvalue weighted by Crippen LogP contribution is -2.13. The Bertz CT molecular complexity index is 1900. The maximum Gasteiger partial charge on any atom is 0.119 e. The van der Waals surface area contributed by atoms with Crippen molar-refractivity contribution in [1.82, 2.24) is 0 Å². The van der Waals surface area contributed by atoms with Crippen molar-refractivity contribution in [3.63, 3.8) is 0 Å². The molecule has 63 heavy (non-hydrogen) atoms. The molecule has 0 heterocycles. The van der Waals surface area contributed by atoms with Crippen LogP contribution in [0, 0.1) is 47.4 Å². The molecule has 2 heteroatoms. The highest BCUT2D eigenvalue weighted by atomic mass is 16.5. The molecule has 2 fully saturated rings. The van der Waals surface area contributed by atoms with Crippen LogP contribution in [0.2, 0.25) is 0 Å². The van der Waals surface area contributed by atoms with E-state index in [1.165, 1.54) is 144 Å². The molecule has 0 amide bonds. The molecule has 0 unspecified atom stereocenters. The van der Waals surface area contributed by atoms with Gasteiger partial charge in [-0.3, -0.25) is 0 Å². The third kappa shape index (κ3) is 19.1. The Morgan fingerprint density at radius 1 is 0.365 bits per heavy atom. The molecule has 0 atom stereocenters. The van der Waals surface area contributed by atoms with Crippen molar-refractivity contribution in [2.75, 3.05) is 13.2 Å². The highest BCUT2D eigenvalue weighted by Gasteiger charge is 2.20. The van der Waals surface area contributed by atoms with Crippen molar-refractivity contribution in [2.24, 2.45) is 23.7 Å². The number of rotatable bonds is 21. The molecule has 2 saturated carbocycles. The molecule has 0 N–H and O–H groups in total. The van der Waals surface area contributed by atoms with Crippen LogP contribution in [0.1, 0.15) is 187 Å². The molecule has 2 aliphatic rings. The predicted molar refractivity (Wildman–Crippen MR) is 271 cm³/mol. The SMILES string of the molecule is CCCCCCC[C@H]1CC[C@H](C#Cc2ccc(-c3ccc(OCCCC)cc3)cc2)CC1.CCCCCC[C@H]1CC[C@H](C#Cc2ccc(-c3ccc(OCCCC)cc3)cc2)CC1. The zero-order valence-electron chi connectivity index (χ0n) is 40.0. The van der Waals surface area contributed by atoms with Gasteiger partial charge in [0.05, 0.1) is 13.2 Å². The molecule has 0 aliphatic heterocycles. The normalized spacial score (nSPS) is 18.2. The molecule has 338 valence electrons. The second kappa shape index (κ2) is 29.9. The smallest absolute Gasteiger partial charge is 0.119 e. The van der Waals surface area contributed by atoms with Crippen molar-refractivity contribution >= 4 is 0 Å². The molecule has 0 spiro atoms. The van der Waals surface area contributed by atoms with Crippen molar-refractivity contribution in [2.45, 2.75) is 175 Å². The molecule has 6 rings (SSSR count). The van der Waals surface area contributed by atoms with E-state index >= 15 is 0 Å². The van der Waals surface area contributed by atoms with E-state index in [0.29, 0.717) is 11.8 Å². The van der Waals surface area contributed by atoms with E-state index in [-0.39, 0.29) is 0 Å². The van der Waals surface area contributed by atoms with E-state index in [1.54, 1.807) is 0 Å². The van der Waals surface area contributed by atoms with E-state index in [1.807, 2.05) is 0 Å². The largest absolute Gasteiger partial charge is 0.494 e. The Hall–Kier alpha value is -4.40. The predicted octanol–water partition coefficient (Wildman–Crippen LogP) is 17.7. The van der Waals surface area contributed by atoms with Gasteiger partial charge in [0.15, 0.2) is 0 Å². The Balaban J connectivity index is 0.000000238. The molecular weight excluding hydrogens is 765 g/mol. The van der Waals surface area contributed by atoms with Gasteiger partial charge in [-0.05, 0) is 147 Å². The summed E-state index contributed by atoms with van der Waals surface area (Å²) in [5.41, 5.74) is 7.17. The Labute approximate surface area is 385 Å². The van der Waals surface area contributed by atoms with E-state index < -0.39 is 0 Å². The first-order valence-electron chi connectivity index (χ1n) is 25.8. The van der Waals surface area contributed by atoms with E-state index in [2.05, 4.69) is 148 Å². The number of benzene rings is 4. The minimum atomic E-state index is 0.589. The van der Waals surface area contributed by atoms with Crippen LogP contribution in [0.4, 0.5) is 0 Å². The molecule has 0 radical (unpaired) electrons. The minimum Gasteiger partial charge on any atom is -0.494 e. The van der Waals surface area contributed by atoms with Crippen LogP contribution in [0.5, 0.6) is 11.5 Å². The fourth-order valence-corrected chi connectivity index (χ4v) is 9.11. The van der Waals surface area contributed by atoms with Crippen LogP contribution in [-0.4, -0.2) is 13.2 Å². The molecule has 4 aromatic rings. The van der Waals surface area contributed by atoms with Gasteiger partial charge in [0.25, 0.3) is 0 Å². The average molecular weight is 847 g/mol. The van der Waals surface area contributed by atoms with Gasteiger partial charge >= 0.3 is 0 Å². The summed E-state index contributed by atoms with van der Waals surface area (Å²) in [6.07, 6.45) is 30.7. The first-order chi connectivity index (χ1) is 31.1. The number of hydrogen-bond donors (Lipinski definition) is 0. The summed E-state index contributed by atoms with van der Waals surface area (Å²) in [6.45, 7) is 10.5. The number of hydrogen-bond acceptors (Lipinski definition) is 2. The average Bonchev–Trinajstić information content (AvgIpc) is 3.33. The summed E-state index contributed by atoms with van der Waals surface area (Å²) in [6, 6.07) is 34.2. The van der Waals surface area contributed by atoms with Crippen molar-refractivity contribution in [3.05, 3.63) is 108 Å². The second-order valence-corrected chi connectivity index (χ2v) is 18.6. The topological polar surface area (TPSA) is 18.5 Å². The van der Waals surface area contributed by atoms with Gasteiger partial charge in [0.1, 0.15) is 11.5 Å². The highest BCUT2D eigenvalue weighted by molar-refractivity contribution is 5.66. The van der Waals surface area contributed by atoms with Gasteiger partial charge in [-0.15, -0.1) is 0 Å². The Morgan fingerprint density at radius 3 is 1.03 bits per heavy atom. The van der Waals surface area contributed by atoms with E-state index in [4.69, 9.17) is 9.47 Å². The van der Waals surface area contributed by atoms with Gasteiger partial charge in [-0.2, -0.15) is 0 Å². The van der Waals surface area contributed by atoms with E-state index in [9.17, 15) is 0 Å². The van der Waals surface area contributed by atoms with Crippen LogP contribution >= 0.6 is 0 Å². The number of unbranched alkanes of at least 4 members (excludes halogenated alkanes) is 9. The van der Waals surface area contributed by atoms with Crippen LogP contribution < -0.4 is 9.47 Å². The van der Waals surface area contributed by atoms with Crippen LogP contribution in [-0.2, 0) is 0 Å². The van der Waals surface area contributed by atoms with Gasteiger partial charge in [0.2, 0.25) is 0 Å². The molecule has 0 saturated heterocycles. The summed E-state index contributed by atoms with van der Waals surface area (Å²) in [5.74, 6) is 19.0. The summed E-state index contributed by atoms with van der Waals surface area (Å²) in [5, 5.41) is 0. The molecule has 2 aliphatic carbocycles. The second-order valence-electron chi connectivity index (χ2n) is 18.6. The molecule has 0 aromatic heterocycles. The minimum absolute atomic E-state index is 0.589. The van der Waals surface area contributed by atoms with Crippen LogP contribution in [0.3, 0.4) is 0 Å². The van der Waals surface area contributed by atoms with E-state index in [0.717, 1.165) is 73.4 Å². The summed E-state index contributed by atoms with van der Waals surface area (Å²) in [4.78, 5) is 0. The third-order valence-electron chi connectivity index (χ3n) is 13.4. The zero-order chi connectivity index (χ0) is 44.2. The van der Waals surface area contributed by atoms with Gasteiger partial charge < -0.3 is 9.47 Å². The van der Waals surface area contributed by atoms with Crippen LogP contribution in [0.15, 0.2) is 97.1 Å². The Kier molecular flexibility index (Phi) is 23.5. The van der Waals surface area contributed by atoms with Gasteiger partial charge in [-0.25, -0.2) is 0 Å². The molecular formula is C61H82O2. The molecule has 2 nitrogen and oxygen atoms in total. The quantitative estimate of drug-likeness (QED) is 0.0614. The molecule has 4 aromatic carbocycles. The summed E-state index contributed by atoms with van der Waals surface area (Å²) >= 11 is 0. The van der Waals surface area contributed by atoms with Crippen molar-refractivity contribution in [3.8, 4) is 57.4 Å². The zero-order valence-corrected chi connectivity index (χ0v) is 40.0. The first kappa shape index (κ1) is 49.6. The van der Waals surface area contributed by atoms with Crippen molar-refractivity contribution in [1.29, 1.82) is 0 Å². The van der Waals surface area contributed by atoms with Crippen LogP contribution in [0.25, 0.3) is 22.3 Å². The lowest BCUT2D eigenvalue weighted by atomic mass is 9.80. The van der Waals surface area contributed by atoms with Crippen molar-refractivity contribution < 1.29 is 9.47 Å². The fourth-order valence-electron chi connectivity index (χ4n) is 9.11. The summed E-state index contributed by atoms with van der Waals surface area (Å²) < 4.78 is 11.5. The van der Waals surface area contributed by atoms with Gasteiger partial charge in [-0.1, -0.05) is 183 Å². The highest BCUT2D eigenvalue weighted by Crippen LogP contribution is 2.33. The standard InChI is InChI=1S/C31H42O.C30H40O/c1-3-5-7-8-9-10-26-11-13-27(14-12-26)15-16-28-17-19-29(20-18-28)30-21-23-31(24-22-30)32-25-6-4-2;1-3-5-7-8-9-25-10-12-26(13-11-25)14-15-27-16-18-28(19-17-27)29-20-22-30(23-21-29)31-24-6-4-2/h17-24,26-27H,3-14,25H2,1-2H3;16-23,25-26H,3-13,24H2,1-2H3/t26-,27-;25-,26-. The lowest BCUT2D eigenvalue weighted by Gasteiger charge is -2.25. The first-order valence-corrected chi connectivity index (χ1v) is 25.8. The van der Waals surface area contributed by atoms with Gasteiger partial charge in [0, 0.05) is 23.0 Å².